The molecule has 0 fully saturated rings. The molecule has 8 heteroatoms. The highest BCUT2D eigenvalue weighted by Crippen LogP contribution is 2.23. The van der Waals surface area contributed by atoms with Gasteiger partial charge in [0.1, 0.15) is 5.75 Å². The van der Waals surface area contributed by atoms with Gasteiger partial charge in [0.15, 0.2) is 6.10 Å². The van der Waals surface area contributed by atoms with E-state index < -0.39 is 17.9 Å². The smallest absolute Gasteiger partial charge is 0.279 e. The summed E-state index contributed by atoms with van der Waals surface area (Å²) >= 11 is 6.00. The Morgan fingerprint density at radius 3 is 2.09 bits per heavy atom. The predicted molar refractivity (Wildman–Crippen MR) is 132 cm³/mol. The van der Waals surface area contributed by atoms with Crippen molar-refractivity contribution in [1.82, 2.24) is 10.9 Å². The van der Waals surface area contributed by atoms with E-state index >= 15 is 0 Å². The van der Waals surface area contributed by atoms with Gasteiger partial charge in [-0.25, -0.2) is 0 Å². The molecule has 1 unspecified atom stereocenters. The van der Waals surface area contributed by atoms with Crippen LogP contribution in [0.1, 0.15) is 26.2 Å². The maximum absolute atomic E-state index is 12.4. The third kappa shape index (κ3) is 7.35. The van der Waals surface area contributed by atoms with Crippen LogP contribution in [0.3, 0.4) is 0 Å². The first-order valence-electron chi connectivity index (χ1n) is 10.9. The zero-order chi connectivity index (χ0) is 24.3. The van der Waals surface area contributed by atoms with E-state index in [4.69, 9.17) is 16.3 Å². The number of hydrogen-bond donors (Lipinski definition) is 3. The van der Waals surface area contributed by atoms with Gasteiger partial charge in [-0.1, -0.05) is 73.1 Å². The lowest BCUT2D eigenvalue weighted by molar-refractivity contribution is -0.133. The average Bonchev–Trinajstić information content (AvgIpc) is 2.87. The topological polar surface area (TPSA) is 96.5 Å². The average molecular weight is 480 g/mol. The summed E-state index contributed by atoms with van der Waals surface area (Å²) in [7, 11) is 0. The first kappa shape index (κ1) is 24.8. The van der Waals surface area contributed by atoms with Crippen molar-refractivity contribution in [1.29, 1.82) is 0 Å². The molecule has 0 aliphatic rings. The summed E-state index contributed by atoms with van der Waals surface area (Å²) in [5, 5.41) is 3.05. The van der Waals surface area contributed by atoms with Gasteiger partial charge in [-0.3, -0.25) is 25.2 Å². The molecule has 176 valence electrons. The molecular formula is C26H26ClN3O4. The highest BCUT2D eigenvalue weighted by atomic mass is 35.5. The van der Waals surface area contributed by atoms with Crippen LogP contribution in [0, 0.1) is 0 Å². The van der Waals surface area contributed by atoms with Gasteiger partial charge in [0, 0.05) is 12.8 Å². The minimum absolute atomic E-state index is 0.0611. The molecule has 0 saturated heterocycles. The zero-order valence-electron chi connectivity index (χ0n) is 18.7. The van der Waals surface area contributed by atoms with Gasteiger partial charge in [0.25, 0.3) is 5.91 Å². The van der Waals surface area contributed by atoms with E-state index in [1.165, 1.54) is 0 Å². The third-order valence-corrected chi connectivity index (χ3v) is 5.28. The largest absolute Gasteiger partial charge is 0.481 e. The minimum atomic E-state index is -0.786. The molecule has 3 aromatic carbocycles. The Morgan fingerprint density at radius 1 is 0.794 bits per heavy atom. The highest BCUT2D eigenvalue weighted by molar-refractivity contribution is 6.33. The normalized spacial score (nSPS) is 11.2. The summed E-state index contributed by atoms with van der Waals surface area (Å²) < 4.78 is 5.78. The van der Waals surface area contributed by atoms with Crippen LogP contribution < -0.4 is 20.9 Å². The van der Waals surface area contributed by atoms with E-state index in [1.54, 1.807) is 36.4 Å². The second-order valence-electron chi connectivity index (χ2n) is 7.47. The number of benzene rings is 3. The molecule has 0 aliphatic carbocycles. The summed E-state index contributed by atoms with van der Waals surface area (Å²) in [6.07, 6.45) is -0.544. The van der Waals surface area contributed by atoms with Gasteiger partial charge in [-0.2, -0.15) is 0 Å². The number of para-hydroxylation sites is 1. The van der Waals surface area contributed by atoms with Crippen LogP contribution in [0.4, 0.5) is 5.69 Å². The molecule has 0 radical (unpaired) electrons. The fourth-order valence-electron chi connectivity index (χ4n) is 3.12. The number of rotatable bonds is 9. The van der Waals surface area contributed by atoms with Gasteiger partial charge in [-0.15, -0.1) is 0 Å². The standard InChI is InChI=1S/C26H26ClN3O4/c1-2-23(34-20-14-12-19(13-15-20)18-8-4-3-5-9-18)26(33)30-29-25(32)17-16-24(31)28-22-11-7-6-10-21(22)27/h3-15,23H,2,16-17H2,1H3,(H,28,31)(H,29,32)(H,30,33). The zero-order valence-corrected chi connectivity index (χ0v) is 19.5. The van der Waals surface area contributed by atoms with E-state index in [9.17, 15) is 14.4 Å². The lowest BCUT2D eigenvalue weighted by Gasteiger charge is -2.18. The molecule has 34 heavy (non-hydrogen) atoms. The maximum Gasteiger partial charge on any atom is 0.279 e. The number of anilines is 1. The van der Waals surface area contributed by atoms with E-state index in [2.05, 4.69) is 16.2 Å². The fraction of sp³-hybridized carbons (Fsp3) is 0.192. The van der Waals surface area contributed by atoms with Crippen molar-refractivity contribution in [3.8, 4) is 16.9 Å². The van der Waals surface area contributed by atoms with Crippen molar-refractivity contribution in [2.75, 3.05) is 5.32 Å². The van der Waals surface area contributed by atoms with Crippen LogP contribution >= 0.6 is 11.6 Å². The van der Waals surface area contributed by atoms with Gasteiger partial charge < -0.3 is 10.1 Å². The van der Waals surface area contributed by atoms with Crippen molar-refractivity contribution in [2.45, 2.75) is 32.3 Å². The molecular weight excluding hydrogens is 454 g/mol. The number of halogens is 1. The summed E-state index contributed by atoms with van der Waals surface area (Å²) in [5.41, 5.74) is 7.28. The second-order valence-corrected chi connectivity index (χ2v) is 7.88. The Bertz CT molecular complexity index is 1120. The Labute approximate surface area is 203 Å². The van der Waals surface area contributed by atoms with Gasteiger partial charge in [0.2, 0.25) is 11.8 Å². The van der Waals surface area contributed by atoms with Crippen LogP contribution in [-0.4, -0.2) is 23.8 Å². The second kappa shape index (κ2) is 12.4. The summed E-state index contributed by atoms with van der Waals surface area (Å²) in [6.45, 7) is 1.81. The number of carbonyl (C=O) groups excluding carboxylic acids is 3. The van der Waals surface area contributed by atoms with Crippen LogP contribution in [0.25, 0.3) is 11.1 Å². The minimum Gasteiger partial charge on any atom is -0.481 e. The molecule has 1 atom stereocenters. The van der Waals surface area contributed by atoms with E-state index in [-0.39, 0.29) is 18.7 Å². The third-order valence-electron chi connectivity index (χ3n) is 4.96. The van der Waals surface area contributed by atoms with Crippen molar-refractivity contribution < 1.29 is 19.1 Å². The molecule has 3 N–H and O–H groups in total. The molecule has 3 amide bonds. The van der Waals surface area contributed by atoms with Crippen molar-refractivity contribution in [2.24, 2.45) is 0 Å². The Balaban J connectivity index is 1.43. The summed E-state index contributed by atoms with van der Waals surface area (Å²) in [5.74, 6) is -0.791. The van der Waals surface area contributed by atoms with Crippen LogP contribution in [0.15, 0.2) is 78.9 Å². The lowest BCUT2D eigenvalue weighted by Crippen LogP contribution is -2.48. The SMILES string of the molecule is CCC(Oc1ccc(-c2ccccc2)cc1)C(=O)NNC(=O)CCC(=O)Nc1ccccc1Cl. The highest BCUT2D eigenvalue weighted by Gasteiger charge is 2.19. The number of carbonyl (C=O) groups is 3. The molecule has 7 nitrogen and oxygen atoms in total. The first-order valence-corrected chi connectivity index (χ1v) is 11.3. The molecule has 3 rings (SSSR count). The summed E-state index contributed by atoms with van der Waals surface area (Å²) in [6, 6.07) is 24.2. The van der Waals surface area contributed by atoms with Gasteiger partial charge in [-0.05, 0) is 41.8 Å². The fourth-order valence-corrected chi connectivity index (χ4v) is 3.30. The van der Waals surface area contributed by atoms with E-state index in [0.29, 0.717) is 22.9 Å². The van der Waals surface area contributed by atoms with E-state index in [1.807, 2.05) is 49.4 Å². The Hall–Kier alpha value is -3.84. The quantitative estimate of drug-likeness (QED) is 0.386. The summed E-state index contributed by atoms with van der Waals surface area (Å²) in [4.78, 5) is 36.5. The Morgan fingerprint density at radius 2 is 1.41 bits per heavy atom. The van der Waals surface area contributed by atoms with Crippen LogP contribution in [0.2, 0.25) is 5.02 Å². The van der Waals surface area contributed by atoms with E-state index in [0.717, 1.165) is 11.1 Å². The number of nitrogens with one attached hydrogen (secondary N) is 3. The molecule has 0 aromatic heterocycles. The molecule has 0 bridgehead atoms. The molecule has 0 spiro atoms. The van der Waals surface area contributed by atoms with Gasteiger partial charge >= 0.3 is 0 Å². The molecule has 0 saturated carbocycles. The van der Waals surface area contributed by atoms with Crippen molar-refractivity contribution >= 4 is 35.0 Å². The Kier molecular flexibility index (Phi) is 9.05. The van der Waals surface area contributed by atoms with Crippen molar-refractivity contribution in [3.63, 3.8) is 0 Å². The molecule has 0 heterocycles. The monoisotopic (exact) mass is 479 g/mol. The van der Waals surface area contributed by atoms with Crippen LogP contribution in [0.5, 0.6) is 5.75 Å². The molecule has 0 aliphatic heterocycles. The van der Waals surface area contributed by atoms with Crippen LogP contribution in [-0.2, 0) is 14.4 Å². The first-order chi connectivity index (χ1) is 16.5. The number of hydrogen-bond acceptors (Lipinski definition) is 4. The number of ether oxygens (including phenoxy) is 1. The predicted octanol–water partition coefficient (Wildman–Crippen LogP) is 4.73. The van der Waals surface area contributed by atoms with Gasteiger partial charge in [0.05, 0.1) is 10.7 Å². The molecule has 3 aromatic rings. The van der Waals surface area contributed by atoms with Crippen molar-refractivity contribution in [3.05, 3.63) is 83.9 Å². The lowest BCUT2D eigenvalue weighted by atomic mass is 10.1. The maximum atomic E-state index is 12.4. The number of amides is 3. The number of hydrazine groups is 1.